The molecule has 0 aromatic heterocycles. The minimum absolute atomic E-state index is 0.00462. The Labute approximate surface area is 226 Å². The normalized spacial score (nSPS) is 20.5. The summed E-state index contributed by atoms with van der Waals surface area (Å²) in [6, 6.07) is 6.88. The molecular weight excluding hydrogens is 581 g/mol. The van der Waals surface area contributed by atoms with E-state index in [1.165, 1.54) is 0 Å². The molecule has 0 saturated heterocycles. The van der Waals surface area contributed by atoms with Gasteiger partial charge in [0.1, 0.15) is 4.90 Å². The highest BCUT2D eigenvalue weighted by molar-refractivity contribution is 7.89. The Hall–Kier alpha value is -1.75. The molecule has 0 spiro atoms. The molecule has 1 N–H and O–H groups in total. The number of rotatable bonds is 6. The number of benzene rings is 2. The average Bonchev–Trinajstić information content (AvgIpc) is 3.21. The van der Waals surface area contributed by atoms with E-state index in [0.717, 1.165) is 12.1 Å². The van der Waals surface area contributed by atoms with Gasteiger partial charge in [-0.1, -0.05) is 58.6 Å². The highest BCUT2D eigenvalue weighted by Crippen LogP contribution is 2.38. The molecule has 1 unspecified atom stereocenters. The van der Waals surface area contributed by atoms with Crippen molar-refractivity contribution in [3.63, 3.8) is 0 Å². The van der Waals surface area contributed by atoms with Crippen molar-refractivity contribution in [1.82, 2.24) is 4.72 Å². The number of nitrogens with one attached hydrogen (secondary N) is 1. The number of hydrazone groups is 1. The van der Waals surface area contributed by atoms with E-state index in [4.69, 9.17) is 46.4 Å². The van der Waals surface area contributed by atoms with Crippen LogP contribution in [0.4, 0.5) is 18.9 Å². The summed E-state index contributed by atoms with van der Waals surface area (Å²) in [6.07, 6.45) is 1.90. The maximum absolute atomic E-state index is 13.1. The van der Waals surface area contributed by atoms with Crippen LogP contribution in [-0.2, 0) is 16.2 Å². The molecule has 5 nitrogen and oxygen atoms in total. The molecular formula is C23H18Cl4F3N3O2S. The van der Waals surface area contributed by atoms with Crippen LogP contribution in [0.15, 0.2) is 69.7 Å². The van der Waals surface area contributed by atoms with E-state index < -0.39 is 26.7 Å². The van der Waals surface area contributed by atoms with Gasteiger partial charge in [0.25, 0.3) is 0 Å². The van der Waals surface area contributed by atoms with Gasteiger partial charge in [-0.3, -0.25) is 5.01 Å². The van der Waals surface area contributed by atoms with Crippen molar-refractivity contribution in [2.75, 3.05) is 11.6 Å². The first-order valence-electron chi connectivity index (χ1n) is 10.6. The third kappa shape index (κ3) is 6.03. The fourth-order valence-corrected chi connectivity index (χ4v) is 6.17. The van der Waals surface area contributed by atoms with Gasteiger partial charge in [0.15, 0.2) is 0 Å². The molecule has 1 aliphatic carbocycles. The van der Waals surface area contributed by atoms with Crippen molar-refractivity contribution < 1.29 is 21.6 Å². The van der Waals surface area contributed by atoms with Crippen molar-refractivity contribution in [3.05, 3.63) is 80.3 Å². The maximum atomic E-state index is 13.1. The fourth-order valence-electron chi connectivity index (χ4n) is 3.97. The van der Waals surface area contributed by atoms with Crippen LogP contribution < -0.4 is 9.73 Å². The molecule has 36 heavy (non-hydrogen) atoms. The lowest BCUT2D eigenvalue weighted by Gasteiger charge is -2.30. The van der Waals surface area contributed by atoms with E-state index in [9.17, 15) is 21.6 Å². The van der Waals surface area contributed by atoms with Crippen molar-refractivity contribution >= 4 is 67.8 Å². The molecule has 4 rings (SSSR count). The smallest absolute Gasteiger partial charge is 0.260 e. The van der Waals surface area contributed by atoms with Gasteiger partial charge in [-0.15, -0.1) is 0 Å². The van der Waals surface area contributed by atoms with Gasteiger partial charge in [-0.2, -0.15) is 18.3 Å². The van der Waals surface area contributed by atoms with Crippen LogP contribution in [0.25, 0.3) is 0 Å². The number of halogens is 7. The molecule has 1 aliphatic heterocycles. The molecule has 0 amide bonds. The zero-order chi connectivity index (χ0) is 26.3. The lowest BCUT2D eigenvalue weighted by molar-refractivity contribution is -0.137. The van der Waals surface area contributed by atoms with Gasteiger partial charge < -0.3 is 0 Å². The van der Waals surface area contributed by atoms with Crippen LogP contribution in [-0.4, -0.2) is 26.7 Å². The van der Waals surface area contributed by atoms with Crippen LogP contribution in [0.3, 0.4) is 0 Å². The van der Waals surface area contributed by atoms with E-state index >= 15 is 0 Å². The van der Waals surface area contributed by atoms with Crippen molar-refractivity contribution in [2.24, 2.45) is 11.0 Å². The molecule has 2 aliphatic rings. The Morgan fingerprint density at radius 2 is 1.81 bits per heavy atom. The largest absolute Gasteiger partial charge is 0.416 e. The first-order valence-corrected chi connectivity index (χ1v) is 13.6. The highest BCUT2D eigenvalue weighted by Gasteiger charge is 2.36. The molecule has 192 valence electrons. The summed E-state index contributed by atoms with van der Waals surface area (Å²) in [7, 11) is -4.37. The third-order valence-corrected chi connectivity index (χ3v) is 8.46. The minimum atomic E-state index is -4.72. The second-order valence-corrected chi connectivity index (χ2v) is 11.6. The number of anilines is 1. The van der Waals surface area contributed by atoms with Crippen LogP contribution in [0.2, 0.25) is 15.1 Å². The summed E-state index contributed by atoms with van der Waals surface area (Å²) < 4.78 is 67.3. The maximum Gasteiger partial charge on any atom is 0.416 e. The average molecular weight is 599 g/mol. The molecule has 0 radical (unpaired) electrons. The Balaban J connectivity index is 1.59. The lowest BCUT2D eigenvalue weighted by atomic mass is 9.89. The van der Waals surface area contributed by atoms with Crippen LogP contribution in [0, 0.1) is 5.92 Å². The first kappa shape index (κ1) is 27.3. The van der Waals surface area contributed by atoms with Gasteiger partial charge in [0, 0.05) is 22.4 Å². The third-order valence-electron chi connectivity index (χ3n) is 5.76. The Morgan fingerprint density at radius 3 is 2.44 bits per heavy atom. The van der Waals surface area contributed by atoms with Gasteiger partial charge in [0.2, 0.25) is 10.0 Å². The molecule has 0 saturated carbocycles. The Kier molecular flexibility index (Phi) is 8.00. The van der Waals surface area contributed by atoms with Crippen molar-refractivity contribution in [1.29, 1.82) is 0 Å². The number of sulfonamides is 1. The number of allylic oxidation sites excluding steroid dienone is 3. The second kappa shape index (κ2) is 10.6. The zero-order valence-electron chi connectivity index (χ0n) is 18.2. The van der Waals surface area contributed by atoms with Gasteiger partial charge in [-0.05, 0) is 48.9 Å². The quantitative estimate of drug-likeness (QED) is 0.380. The minimum Gasteiger partial charge on any atom is -0.260 e. The summed E-state index contributed by atoms with van der Waals surface area (Å²) in [4.78, 5) is -0.665. The van der Waals surface area contributed by atoms with Crippen LogP contribution >= 0.6 is 46.4 Å². The highest BCUT2D eigenvalue weighted by atomic mass is 35.5. The van der Waals surface area contributed by atoms with E-state index in [2.05, 4.69) is 9.82 Å². The van der Waals surface area contributed by atoms with Crippen LogP contribution in [0.5, 0.6) is 0 Å². The summed E-state index contributed by atoms with van der Waals surface area (Å²) in [5.74, 6) is -0.00462. The number of hydrogen-bond donors (Lipinski definition) is 1. The second-order valence-electron chi connectivity index (χ2n) is 8.19. The van der Waals surface area contributed by atoms with Gasteiger partial charge >= 0.3 is 6.18 Å². The first-order chi connectivity index (χ1) is 16.8. The molecule has 2 aromatic rings. The van der Waals surface area contributed by atoms with Gasteiger partial charge in [-0.25, -0.2) is 13.1 Å². The monoisotopic (exact) mass is 597 g/mol. The van der Waals surface area contributed by atoms with E-state index in [0.29, 0.717) is 45.4 Å². The summed E-state index contributed by atoms with van der Waals surface area (Å²) in [5.41, 5.74) is -0.0736. The van der Waals surface area contributed by atoms with E-state index in [1.54, 1.807) is 29.3 Å². The molecule has 13 heteroatoms. The van der Waals surface area contributed by atoms with E-state index in [-0.39, 0.29) is 23.5 Å². The van der Waals surface area contributed by atoms with Crippen molar-refractivity contribution in [3.8, 4) is 0 Å². The number of hydrogen-bond acceptors (Lipinski definition) is 4. The Bertz CT molecular complexity index is 1380. The SMILES string of the molecule is O=S(=O)(NCC1=NN(c2ccc(Cl)cc2Cl)[C@H](C2C=CC(Cl)=CC2)C1)c1cc(C(F)(F)F)ccc1Cl. The number of alkyl halides is 3. The van der Waals surface area contributed by atoms with Crippen LogP contribution in [0.1, 0.15) is 18.4 Å². The lowest BCUT2D eigenvalue weighted by Crippen LogP contribution is -2.34. The molecule has 2 atom stereocenters. The molecule has 1 heterocycles. The standard InChI is InChI=1S/C23H18Cl4F3N3O2S/c24-15-4-1-13(2-5-15)21-11-17(32-33(21)20-8-6-16(25)10-19(20)27)12-31-36(34,35)22-9-14(23(28,29)30)3-7-18(22)26/h1,3-10,13,21,31H,2,11-12H2/t13?,21-/m0/s1. The molecule has 2 aromatic carbocycles. The van der Waals surface area contributed by atoms with E-state index in [1.807, 2.05) is 12.2 Å². The summed E-state index contributed by atoms with van der Waals surface area (Å²) >= 11 is 24.4. The predicted molar refractivity (Wildman–Crippen MR) is 138 cm³/mol. The topological polar surface area (TPSA) is 61.8 Å². The van der Waals surface area contributed by atoms with Crippen molar-refractivity contribution in [2.45, 2.75) is 30.0 Å². The summed E-state index contributed by atoms with van der Waals surface area (Å²) in [5, 5.41) is 7.41. The molecule has 0 fully saturated rings. The molecule has 0 bridgehead atoms. The summed E-state index contributed by atoms with van der Waals surface area (Å²) in [6.45, 7) is -0.236. The zero-order valence-corrected chi connectivity index (χ0v) is 22.1. The number of nitrogens with zero attached hydrogens (tertiary/aromatic N) is 2. The van der Waals surface area contributed by atoms with Gasteiger partial charge in [0.05, 0.1) is 39.6 Å². The fraction of sp³-hybridized carbons (Fsp3) is 0.261. The predicted octanol–water partition coefficient (Wildman–Crippen LogP) is 7.28. The Morgan fingerprint density at radius 1 is 1.06 bits per heavy atom.